The van der Waals surface area contributed by atoms with Gasteiger partial charge in [0.25, 0.3) is 5.91 Å². The normalized spacial score (nSPS) is 17.7. The molecule has 214 valence electrons. The Morgan fingerprint density at radius 3 is 2.24 bits per heavy atom. The van der Waals surface area contributed by atoms with Gasteiger partial charge in [0.05, 0.1) is 19.2 Å². The Hall–Kier alpha value is -3.95. The number of nitrogens with one attached hydrogen (secondary N) is 1. The van der Waals surface area contributed by atoms with Gasteiger partial charge in [0.15, 0.2) is 5.11 Å². The molecule has 5 rings (SSSR count). The first-order chi connectivity index (χ1) is 19.9. The van der Waals surface area contributed by atoms with Crippen LogP contribution in [-0.2, 0) is 9.59 Å². The minimum absolute atomic E-state index is 0.0170. The van der Waals surface area contributed by atoms with Crippen molar-refractivity contribution in [3.05, 3.63) is 84.4 Å². The Labute approximate surface area is 247 Å². The van der Waals surface area contributed by atoms with Gasteiger partial charge in [0.1, 0.15) is 11.8 Å². The van der Waals surface area contributed by atoms with Crippen molar-refractivity contribution in [1.82, 2.24) is 9.80 Å². The van der Waals surface area contributed by atoms with Gasteiger partial charge < -0.3 is 19.9 Å². The van der Waals surface area contributed by atoms with Crippen molar-refractivity contribution >= 4 is 46.2 Å². The van der Waals surface area contributed by atoms with E-state index in [0.29, 0.717) is 23.1 Å². The molecule has 41 heavy (non-hydrogen) atoms. The number of methoxy groups -OCH3 is 1. The van der Waals surface area contributed by atoms with Crippen LogP contribution in [0.1, 0.15) is 18.4 Å². The van der Waals surface area contributed by atoms with E-state index < -0.39 is 6.04 Å². The highest BCUT2D eigenvalue weighted by Crippen LogP contribution is 2.28. The topological polar surface area (TPSA) is 68.4 Å². The number of carbonyl (C=O) groups excluding carboxylic acids is 2. The van der Waals surface area contributed by atoms with Crippen LogP contribution in [0.5, 0.6) is 5.75 Å². The van der Waals surface area contributed by atoms with E-state index in [1.165, 1.54) is 5.69 Å². The lowest BCUT2D eigenvalue weighted by Crippen LogP contribution is -2.47. The van der Waals surface area contributed by atoms with Gasteiger partial charge in [0.2, 0.25) is 5.91 Å². The molecule has 0 spiro atoms. The summed E-state index contributed by atoms with van der Waals surface area (Å²) >= 11 is 5.85. The predicted octanol–water partition coefficient (Wildman–Crippen LogP) is 4.55. The van der Waals surface area contributed by atoms with Crippen LogP contribution >= 0.6 is 12.2 Å². The fourth-order valence-electron chi connectivity index (χ4n) is 5.41. The Balaban J connectivity index is 1.22. The number of nitrogens with zero attached hydrogens (tertiary/aromatic N) is 4. The summed E-state index contributed by atoms with van der Waals surface area (Å²) in [5.41, 5.74) is 3.75. The van der Waals surface area contributed by atoms with Crippen molar-refractivity contribution < 1.29 is 14.3 Å². The van der Waals surface area contributed by atoms with Crippen molar-refractivity contribution in [2.45, 2.75) is 25.8 Å². The van der Waals surface area contributed by atoms with Gasteiger partial charge >= 0.3 is 0 Å². The molecule has 3 aromatic carbocycles. The number of thiocarbonyl (C=S) groups is 1. The SMILES string of the molecule is COc1ccc(NC(=O)C[C@H]2C(=O)N(c3ccc(C)cc3)C(=S)N2CCCN2CCN(c3ccccc3)CC2)cc1. The number of rotatable bonds is 10. The monoisotopic (exact) mass is 571 g/mol. The van der Waals surface area contributed by atoms with Crippen LogP contribution in [0.15, 0.2) is 78.9 Å². The third-order valence-corrected chi connectivity index (χ3v) is 8.15. The van der Waals surface area contributed by atoms with Gasteiger partial charge in [-0.25, -0.2) is 0 Å². The van der Waals surface area contributed by atoms with Crippen molar-refractivity contribution in [3.8, 4) is 5.75 Å². The summed E-state index contributed by atoms with van der Waals surface area (Å²) in [6.07, 6.45) is 0.861. The summed E-state index contributed by atoms with van der Waals surface area (Å²) in [5.74, 6) is 0.310. The molecule has 2 amide bonds. The number of hydrogen-bond acceptors (Lipinski definition) is 6. The average molecular weight is 572 g/mol. The maximum atomic E-state index is 13.7. The molecule has 9 heteroatoms. The van der Waals surface area contributed by atoms with Crippen molar-refractivity contribution in [2.75, 3.05) is 61.5 Å². The average Bonchev–Trinajstić information content (AvgIpc) is 3.22. The maximum Gasteiger partial charge on any atom is 0.256 e. The number of para-hydroxylation sites is 1. The summed E-state index contributed by atoms with van der Waals surface area (Å²) in [5, 5.41) is 3.37. The molecule has 0 bridgehead atoms. The predicted molar refractivity (Wildman–Crippen MR) is 168 cm³/mol. The highest BCUT2D eigenvalue weighted by Gasteiger charge is 2.43. The van der Waals surface area contributed by atoms with E-state index in [0.717, 1.165) is 50.4 Å². The van der Waals surface area contributed by atoms with Crippen LogP contribution < -0.4 is 19.9 Å². The smallest absolute Gasteiger partial charge is 0.256 e. The number of ether oxygens (including phenoxy) is 1. The van der Waals surface area contributed by atoms with Gasteiger partial charge in [0, 0.05) is 44.1 Å². The van der Waals surface area contributed by atoms with Crippen molar-refractivity contribution in [3.63, 3.8) is 0 Å². The molecule has 1 N–H and O–H groups in total. The minimum atomic E-state index is -0.656. The van der Waals surface area contributed by atoms with E-state index in [-0.39, 0.29) is 18.2 Å². The Kier molecular flexibility index (Phi) is 9.16. The van der Waals surface area contributed by atoms with Gasteiger partial charge in [-0.15, -0.1) is 0 Å². The maximum absolute atomic E-state index is 13.7. The molecular weight excluding hydrogens is 534 g/mol. The Morgan fingerprint density at radius 1 is 0.902 bits per heavy atom. The van der Waals surface area contributed by atoms with Crippen molar-refractivity contribution in [1.29, 1.82) is 0 Å². The van der Waals surface area contributed by atoms with Crippen LogP contribution in [0.2, 0.25) is 0 Å². The molecule has 3 aromatic rings. The third-order valence-electron chi connectivity index (χ3n) is 7.73. The number of amides is 2. The summed E-state index contributed by atoms with van der Waals surface area (Å²) in [6, 6.07) is 24.8. The van der Waals surface area contributed by atoms with Crippen LogP contribution in [0, 0.1) is 6.92 Å². The van der Waals surface area contributed by atoms with E-state index >= 15 is 0 Å². The molecule has 2 aliphatic heterocycles. The molecule has 2 aliphatic rings. The van der Waals surface area contributed by atoms with E-state index in [2.05, 4.69) is 39.4 Å². The highest BCUT2D eigenvalue weighted by atomic mass is 32.1. The second-order valence-electron chi connectivity index (χ2n) is 10.5. The first kappa shape index (κ1) is 28.6. The zero-order valence-corrected chi connectivity index (χ0v) is 24.5. The number of anilines is 3. The molecule has 8 nitrogen and oxygen atoms in total. The van der Waals surface area contributed by atoms with E-state index in [1.54, 1.807) is 36.3 Å². The molecule has 0 radical (unpaired) electrons. The number of hydrogen-bond donors (Lipinski definition) is 1. The molecule has 2 saturated heterocycles. The van der Waals surface area contributed by atoms with Gasteiger partial charge in [-0.3, -0.25) is 19.4 Å². The number of piperazine rings is 1. The Morgan fingerprint density at radius 2 is 1.59 bits per heavy atom. The first-order valence-corrected chi connectivity index (χ1v) is 14.5. The number of benzene rings is 3. The highest BCUT2D eigenvalue weighted by molar-refractivity contribution is 7.80. The summed E-state index contributed by atoms with van der Waals surface area (Å²) < 4.78 is 5.20. The van der Waals surface area contributed by atoms with E-state index in [9.17, 15) is 9.59 Å². The zero-order chi connectivity index (χ0) is 28.8. The molecule has 0 saturated carbocycles. The fourth-order valence-corrected chi connectivity index (χ4v) is 5.83. The number of aryl methyl sites for hydroxylation is 1. The molecule has 2 heterocycles. The van der Waals surface area contributed by atoms with Crippen LogP contribution in [-0.4, -0.2) is 79.1 Å². The van der Waals surface area contributed by atoms with Crippen molar-refractivity contribution in [2.24, 2.45) is 0 Å². The lowest BCUT2D eigenvalue weighted by molar-refractivity contribution is -0.124. The molecular formula is C32H37N5O3S. The second-order valence-corrected chi connectivity index (χ2v) is 10.9. The minimum Gasteiger partial charge on any atom is -0.497 e. The van der Waals surface area contributed by atoms with Gasteiger partial charge in [-0.05, 0) is 80.6 Å². The lowest BCUT2D eigenvalue weighted by atomic mass is 10.1. The molecule has 2 fully saturated rings. The van der Waals surface area contributed by atoms with Crippen LogP contribution in [0.25, 0.3) is 0 Å². The summed E-state index contributed by atoms with van der Waals surface area (Å²) in [4.78, 5) is 35.2. The summed E-state index contributed by atoms with van der Waals surface area (Å²) in [6.45, 7) is 7.46. The molecule has 0 unspecified atom stereocenters. The van der Waals surface area contributed by atoms with Crippen LogP contribution in [0.4, 0.5) is 17.1 Å². The lowest BCUT2D eigenvalue weighted by Gasteiger charge is -2.36. The van der Waals surface area contributed by atoms with E-state index in [1.807, 2.05) is 42.2 Å². The Bertz CT molecular complexity index is 1340. The quantitative estimate of drug-likeness (QED) is 0.358. The standard InChI is InChI=1S/C32H37N5O3S/c1-24-9-13-27(14-10-24)37-31(39)29(23-30(38)33-25-11-15-28(40-2)16-12-25)36(32(37)41)18-6-17-34-19-21-35(22-20-34)26-7-4-3-5-8-26/h3-5,7-16,29H,6,17-23H2,1-2H3,(H,33,38)/t29-/m0/s1. The molecule has 1 atom stereocenters. The third kappa shape index (κ3) is 6.86. The summed E-state index contributed by atoms with van der Waals surface area (Å²) in [7, 11) is 1.60. The second kappa shape index (κ2) is 13.1. The van der Waals surface area contributed by atoms with Crippen LogP contribution in [0.3, 0.4) is 0 Å². The van der Waals surface area contributed by atoms with E-state index in [4.69, 9.17) is 17.0 Å². The zero-order valence-electron chi connectivity index (χ0n) is 23.7. The molecule has 0 aliphatic carbocycles. The largest absolute Gasteiger partial charge is 0.497 e. The molecule has 0 aromatic heterocycles. The number of carbonyl (C=O) groups is 2. The van der Waals surface area contributed by atoms with Gasteiger partial charge in [-0.2, -0.15) is 0 Å². The fraction of sp³-hybridized carbons (Fsp3) is 0.344. The first-order valence-electron chi connectivity index (χ1n) is 14.1. The van der Waals surface area contributed by atoms with Gasteiger partial charge in [-0.1, -0.05) is 35.9 Å².